The van der Waals surface area contributed by atoms with Gasteiger partial charge in [-0.15, -0.1) is 5.10 Å². The number of para-hydroxylation sites is 1. The zero-order valence-electron chi connectivity index (χ0n) is 26.9. The van der Waals surface area contributed by atoms with Crippen LogP contribution in [-0.4, -0.2) is 91.7 Å². The van der Waals surface area contributed by atoms with E-state index in [1.807, 2.05) is 104 Å². The van der Waals surface area contributed by atoms with Gasteiger partial charge >= 0.3 is 0 Å². The smallest absolute Gasteiger partial charge is 0.250 e. The molecule has 3 amide bonds. The van der Waals surface area contributed by atoms with E-state index >= 15 is 0 Å². The molecule has 8 rings (SSSR count). The molecule has 0 aliphatic carbocycles. The monoisotopic (exact) mass is 660 g/mol. The molecule has 250 valence electrons. The summed E-state index contributed by atoms with van der Waals surface area (Å²) in [6.45, 7) is 2.59. The number of carbonyl (C=O) groups is 3. The predicted molar refractivity (Wildman–Crippen MR) is 179 cm³/mol. The first-order chi connectivity index (χ1) is 23.9. The summed E-state index contributed by atoms with van der Waals surface area (Å²) >= 11 is 0. The van der Waals surface area contributed by atoms with Crippen molar-refractivity contribution in [3.05, 3.63) is 109 Å². The number of hydrogen-bond acceptors (Lipinski definition) is 8. The van der Waals surface area contributed by atoms with Gasteiger partial charge in [-0.2, -0.15) is 0 Å². The summed E-state index contributed by atoms with van der Waals surface area (Å²) in [6.07, 6.45) is 6.60. The van der Waals surface area contributed by atoms with Crippen molar-refractivity contribution >= 4 is 34.4 Å². The van der Waals surface area contributed by atoms with Crippen molar-refractivity contribution in [2.45, 2.75) is 37.4 Å². The van der Waals surface area contributed by atoms with Crippen LogP contribution in [0, 0.1) is 11.8 Å². The Kier molecular flexibility index (Phi) is 7.76. The Morgan fingerprint density at radius 3 is 2.49 bits per heavy atom. The number of ether oxygens (including phenoxy) is 2. The summed E-state index contributed by atoms with van der Waals surface area (Å²) in [5.41, 5.74) is 1.32. The van der Waals surface area contributed by atoms with E-state index in [9.17, 15) is 19.5 Å². The van der Waals surface area contributed by atoms with Gasteiger partial charge in [0, 0.05) is 18.8 Å². The number of amides is 3. The molecule has 1 spiro atoms. The number of carbonyl (C=O) groups excluding carboxylic acids is 3. The molecule has 1 aromatic heterocycles. The van der Waals surface area contributed by atoms with Crippen LogP contribution >= 0.6 is 0 Å². The Bertz CT molecular complexity index is 1960. The van der Waals surface area contributed by atoms with Crippen LogP contribution in [0.1, 0.15) is 18.5 Å². The topological polar surface area (TPSA) is 130 Å². The fraction of sp³-hybridized carbons (Fsp3) is 0.324. The molecule has 0 bridgehead atoms. The van der Waals surface area contributed by atoms with E-state index in [0.29, 0.717) is 35.7 Å². The van der Waals surface area contributed by atoms with E-state index in [2.05, 4.69) is 10.3 Å². The van der Waals surface area contributed by atoms with Gasteiger partial charge in [0.05, 0.1) is 42.7 Å². The van der Waals surface area contributed by atoms with Gasteiger partial charge in [-0.25, -0.2) is 4.68 Å². The summed E-state index contributed by atoms with van der Waals surface area (Å²) in [5.74, 6) is -2.30. The van der Waals surface area contributed by atoms with Gasteiger partial charge in [0.15, 0.2) is 0 Å². The Hall–Kier alpha value is -5.33. The lowest BCUT2D eigenvalue weighted by Gasteiger charge is -2.38. The lowest BCUT2D eigenvalue weighted by atomic mass is 9.77. The number of aliphatic hydroxyl groups excluding tert-OH is 1. The first kappa shape index (κ1) is 31.0. The van der Waals surface area contributed by atoms with Crippen LogP contribution in [0.25, 0.3) is 11.0 Å². The number of fused-ring (bicyclic) bond motifs is 3. The lowest BCUT2D eigenvalue weighted by Crippen LogP contribution is -2.56. The standard InChI is InChI=1S/C37H36N6O6/c1-2-48-26-17-15-25(16-18-26)41-21-8-14-30-31(34(41)45)32-35(46)43(29(22-44)24-10-4-3-5-11-24)33-36(47)40(20-9-19-37(32,33)49-30)23-42-28-13-7-6-12-27(28)38-39-42/h3-19,29-33,44H,2,20-23H2,1H3/t29-,30-,31+,32+,33?,37+/m1/s1. The third-order valence-electron chi connectivity index (χ3n) is 10.1. The molecule has 12 nitrogen and oxygen atoms in total. The average molecular weight is 661 g/mol. The molecular weight excluding hydrogens is 624 g/mol. The summed E-state index contributed by atoms with van der Waals surface area (Å²) in [4.78, 5) is 49.2. The van der Waals surface area contributed by atoms with Gasteiger partial charge in [-0.05, 0) is 48.9 Å². The number of anilines is 1. The molecule has 2 fully saturated rings. The van der Waals surface area contributed by atoms with E-state index < -0.39 is 48.1 Å². The van der Waals surface area contributed by atoms with Crippen LogP contribution in [0.4, 0.5) is 5.69 Å². The molecular formula is C37H36N6O6. The number of nitrogens with zero attached hydrogens (tertiary/aromatic N) is 6. The molecule has 2 saturated heterocycles. The van der Waals surface area contributed by atoms with E-state index in [1.165, 1.54) is 4.90 Å². The van der Waals surface area contributed by atoms with Crippen molar-refractivity contribution in [3.63, 3.8) is 0 Å². The van der Waals surface area contributed by atoms with Crippen molar-refractivity contribution in [2.24, 2.45) is 11.8 Å². The highest BCUT2D eigenvalue weighted by atomic mass is 16.5. The van der Waals surface area contributed by atoms with Gasteiger partial charge in [0.1, 0.15) is 29.6 Å². The Morgan fingerprint density at radius 2 is 1.71 bits per heavy atom. The Labute approximate surface area is 282 Å². The lowest BCUT2D eigenvalue weighted by molar-refractivity contribution is -0.151. The second-order valence-corrected chi connectivity index (χ2v) is 12.7. The van der Waals surface area contributed by atoms with Crippen LogP contribution < -0.4 is 9.64 Å². The van der Waals surface area contributed by atoms with Gasteiger partial charge in [-0.1, -0.05) is 72.0 Å². The fourth-order valence-corrected chi connectivity index (χ4v) is 7.92. The maximum absolute atomic E-state index is 14.9. The first-order valence-electron chi connectivity index (χ1n) is 16.6. The Balaban J connectivity index is 1.21. The molecule has 4 aliphatic rings. The van der Waals surface area contributed by atoms with Crippen molar-refractivity contribution < 1.29 is 29.0 Å². The maximum Gasteiger partial charge on any atom is 0.250 e. The van der Waals surface area contributed by atoms with Crippen molar-refractivity contribution in [1.82, 2.24) is 24.8 Å². The van der Waals surface area contributed by atoms with E-state index in [-0.39, 0.29) is 25.0 Å². The highest BCUT2D eigenvalue weighted by molar-refractivity contribution is 6.04. The number of hydrogen-bond donors (Lipinski definition) is 1. The molecule has 6 atom stereocenters. The van der Waals surface area contributed by atoms with Crippen LogP contribution in [0.5, 0.6) is 5.75 Å². The molecule has 3 aromatic carbocycles. The zero-order valence-corrected chi connectivity index (χ0v) is 26.9. The number of aliphatic hydroxyl groups is 1. The van der Waals surface area contributed by atoms with Crippen LogP contribution in [0.2, 0.25) is 0 Å². The van der Waals surface area contributed by atoms with Gasteiger partial charge < -0.3 is 29.3 Å². The molecule has 49 heavy (non-hydrogen) atoms. The molecule has 0 radical (unpaired) electrons. The Morgan fingerprint density at radius 1 is 0.939 bits per heavy atom. The van der Waals surface area contributed by atoms with Crippen molar-refractivity contribution in [3.8, 4) is 5.75 Å². The van der Waals surface area contributed by atoms with Gasteiger partial charge in [0.2, 0.25) is 11.8 Å². The van der Waals surface area contributed by atoms with Gasteiger partial charge in [-0.3, -0.25) is 14.4 Å². The summed E-state index contributed by atoms with van der Waals surface area (Å²) in [6, 6.07) is 21.9. The zero-order chi connectivity index (χ0) is 33.7. The normalized spacial score (nSPS) is 26.8. The summed E-state index contributed by atoms with van der Waals surface area (Å²) in [5, 5.41) is 19.4. The number of aromatic nitrogens is 3. The second-order valence-electron chi connectivity index (χ2n) is 12.7. The molecule has 0 saturated carbocycles. The number of benzene rings is 3. The van der Waals surface area contributed by atoms with Crippen molar-refractivity contribution in [1.29, 1.82) is 0 Å². The summed E-state index contributed by atoms with van der Waals surface area (Å²) in [7, 11) is 0. The van der Waals surface area contributed by atoms with Crippen molar-refractivity contribution in [2.75, 3.05) is 31.2 Å². The van der Waals surface area contributed by atoms with E-state index in [4.69, 9.17) is 9.47 Å². The van der Waals surface area contributed by atoms with Gasteiger partial charge in [0.25, 0.3) is 5.91 Å². The van der Waals surface area contributed by atoms with Crippen LogP contribution in [0.15, 0.2) is 103 Å². The highest BCUT2D eigenvalue weighted by Gasteiger charge is 2.72. The average Bonchev–Trinajstić information content (AvgIpc) is 3.68. The summed E-state index contributed by atoms with van der Waals surface area (Å²) < 4.78 is 14.1. The SMILES string of the molecule is CCOc1ccc(N2CC=C[C@H]3O[C@]45C=CCN(Cn6nnc7ccccc76)C(=O)C4N([C@H](CO)c4ccccc4)C(=O)[C@@H]5[C@H]3C2=O)cc1. The number of likely N-dealkylation sites (tertiary alicyclic amines) is 1. The third kappa shape index (κ3) is 4.93. The second kappa shape index (κ2) is 12.3. The van der Waals surface area contributed by atoms with Crippen LogP contribution in [0.3, 0.4) is 0 Å². The highest BCUT2D eigenvalue weighted by Crippen LogP contribution is 2.55. The quantitative estimate of drug-likeness (QED) is 0.286. The van der Waals surface area contributed by atoms with E-state index in [0.717, 1.165) is 5.52 Å². The minimum atomic E-state index is -1.47. The largest absolute Gasteiger partial charge is 0.494 e. The fourth-order valence-electron chi connectivity index (χ4n) is 7.92. The first-order valence-corrected chi connectivity index (χ1v) is 16.6. The van der Waals surface area contributed by atoms with Crippen LogP contribution in [-0.2, 0) is 25.8 Å². The predicted octanol–water partition coefficient (Wildman–Crippen LogP) is 3.10. The molecule has 4 aliphatic heterocycles. The molecule has 5 heterocycles. The minimum Gasteiger partial charge on any atom is -0.494 e. The third-order valence-corrected chi connectivity index (χ3v) is 10.1. The molecule has 1 N–H and O–H groups in total. The maximum atomic E-state index is 14.9. The molecule has 12 heteroatoms. The molecule has 1 unspecified atom stereocenters. The van der Waals surface area contributed by atoms with E-state index in [1.54, 1.807) is 20.6 Å². The minimum absolute atomic E-state index is 0.0787. The molecule has 4 aromatic rings. The number of rotatable bonds is 8.